The molecule has 8 nitrogen and oxygen atoms in total. The maximum absolute atomic E-state index is 12.1. The third-order valence-corrected chi connectivity index (χ3v) is 4.06. The number of nitriles is 1. The SMILES string of the molecule is N#Cc1ccccc1NC(=O)CCCC(=O)ON1C(=O)c2ccccc2C1=O. The fraction of sp³-hybridized carbons (Fsp3) is 0.150. The van der Waals surface area contributed by atoms with Gasteiger partial charge >= 0.3 is 5.97 Å². The normalized spacial score (nSPS) is 12.3. The van der Waals surface area contributed by atoms with Crippen molar-refractivity contribution in [2.45, 2.75) is 19.3 Å². The van der Waals surface area contributed by atoms with Gasteiger partial charge in [0.25, 0.3) is 11.8 Å². The zero-order valence-electron chi connectivity index (χ0n) is 14.7. The minimum atomic E-state index is -0.792. The molecule has 0 aliphatic carbocycles. The second kappa shape index (κ2) is 8.14. The van der Waals surface area contributed by atoms with Crippen molar-refractivity contribution in [3.05, 3.63) is 65.2 Å². The van der Waals surface area contributed by atoms with Crippen LogP contribution >= 0.6 is 0 Å². The predicted molar refractivity (Wildman–Crippen MR) is 96.7 cm³/mol. The average molecular weight is 377 g/mol. The number of para-hydroxylation sites is 1. The number of nitrogens with zero attached hydrogens (tertiary/aromatic N) is 2. The first kappa shape index (κ1) is 18.8. The summed E-state index contributed by atoms with van der Waals surface area (Å²) in [7, 11) is 0. The van der Waals surface area contributed by atoms with Gasteiger partial charge in [-0.3, -0.25) is 14.4 Å². The van der Waals surface area contributed by atoms with Crippen molar-refractivity contribution >= 4 is 29.4 Å². The molecule has 0 saturated carbocycles. The van der Waals surface area contributed by atoms with Crippen molar-refractivity contribution in [2.75, 3.05) is 5.32 Å². The highest BCUT2D eigenvalue weighted by molar-refractivity contribution is 6.20. The molecule has 1 heterocycles. The van der Waals surface area contributed by atoms with Crippen LogP contribution in [-0.4, -0.2) is 28.8 Å². The molecule has 1 aliphatic heterocycles. The Kier molecular flexibility index (Phi) is 5.46. The first-order valence-corrected chi connectivity index (χ1v) is 8.49. The summed E-state index contributed by atoms with van der Waals surface area (Å²) in [5, 5.41) is 12.0. The zero-order valence-corrected chi connectivity index (χ0v) is 14.7. The van der Waals surface area contributed by atoms with E-state index in [1.54, 1.807) is 36.4 Å². The molecule has 3 rings (SSSR count). The van der Waals surface area contributed by atoms with Gasteiger partial charge in [0.1, 0.15) is 6.07 Å². The molecule has 0 aromatic heterocycles. The second-order valence-corrected chi connectivity index (χ2v) is 5.97. The number of amides is 3. The molecule has 0 atom stereocenters. The summed E-state index contributed by atoms with van der Waals surface area (Å²) in [6.07, 6.45) is 0.0141. The van der Waals surface area contributed by atoms with Crippen LogP contribution in [0.25, 0.3) is 0 Å². The van der Waals surface area contributed by atoms with Crippen molar-refractivity contribution in [2.24, 2.45) is 0 Å². The third-order valence-electron chi connectivity index (χ3n) is 4.06. The Morgan fingerprint density at radius 2 is 1.57 bits per heavy atom. The fourth-order valence-electron chi connectivity index (χ4n) is 2.69. The van der Waals surface area contributed by atoms with Gasteiger partial charge in [-0.1, -0.05) is 29.3 Å². The van der Waals surface area contributed by atoms with E-state index in [4.69, 9.17) is 10.1 Å². The van der Waals surface area contributed by atoms with E-state index in [-0.39, 0.29) is 36.3 Å². The number of carbonyl (C=O) groups excluding carboxylic acids is 4. The van der Waals surface area contributed by atoms with Crippen LogP contribution in [0.15, 0.2) is 48.5 Å². The maximum atomic E-state index is 12.1. The zero-order chi connectivity index (χ0) is 20.1. The van der Waals surface area contributed by atoms with Crippen LogP contribution in [0.2, 0.25) is 0 Å². The van der Waals surface area contributed by atoms with Crippen molar-refractivity contribution < 1.29 is 24.0 Å². The number of benzene rings is 2. The van der Waals surface area contributed by atoms with Crippen LogP contribution in [-0.2, 0) is 14.4 Å². The van der Waals surface area contributed by atoms with Gasteiger partial charge in [-0.05, 0) is 30.7 Å². The molecule has 0 unspecified atom stereocenters. The molecule has 0 saturated heterocycles. The number of rotatable bonds is 6. The van der Waals surface area contributed by atoms with Crippen molar-refractivity contribution in [1.29, 1.82) is 5.26 Å². The summed E-state index contributed by atoms with van der Waals surface area (Å²) in [4.78, 5) is 53.0. The molecule has 1 aliphatic rings. The predicted octanol–water partition coefficient (Wildman–Crippen LogP) is 2.42. The van der Waals surface area contributed by atoms with Crippen molar-refractivity contribution in [3.8, 4) is 6.07 Å². The summed E-state index contributed by atoms with van der Waals surface area (Å²) < 4.78 is 0. The highest BCUT2D eigenvalue weighted by Crippen LogP contribution is 2.23. The van der Waals surface area contributed by atoms with Crippen LogP contribution in [0.3, 0.4) is 0 Å². The molecule has 0 fully saturated rings. The van der Waals surface area contributed by atoms with E-state index in [1.807, 2.05) is 6.07 Å². The van der Waals surface area contributed by atoms with Crippen LogP contribution in [0, 0.1) is 11.3 Å². The van der Waals surface area contributed by atoms with Crippen LogP contribution in [0.4, 0.5) is 5.69 Å². The standard InChI is InChI=1S/C20H15N3O5/c21-12-13-6-1-4-9-16(13)22-17(24)10-5-11-18(25)28-23-19(26)14-7-2-3-8-15(14)20(23)27/h1-4,6-9H,5,10-11H2,(H,22,24). The minimum absolute atomic E-state index is 0.0109. The number of fused-ring (bicyclic) bond motifs is 1. The van der Waals surface area contributed by atoms with E-state index < -0.39 is 17.8 Å². The Morgan fingerprint density at radius 1 is 0.964 bits per heavy atom. The summed E-state index contributed by atoms with van der Waals surface area (Å²) in [5.74, 6) is -2.55. The van der Waals surface area contributed by atoms with E-state index in [2.05, 4.69) is 5.32 Å². The number of nitrogens with one attached hydrogen (secondary N) is 1. The molecule has 0 bridgehead atoms. The number of carbonyl (C=O) groups is 4. The number of imide groups is 1. The first-order valence-electron chi connectivity index (χ1n) is 8.49. The Balaban J connectivity index is 1.48. The Labute approximate surface area is 160 Å². The van der Waals surface area contributed by atoms with Gasteiger partial charge in [-0.15, -0.1) is 0 Å². The summed E-state index contributed by atoms with van der Waals surface area (Å²) in [6.45, 7) is 0. The third kappa shape index (κ3) is 3.88. The van der Waals surface area contributed by atoms with Gasteiger partial charge in [0.05, 0.1) is 22.4 Å². The molecule has 8 heteroatoms. The molecular weight excluding hydrogens is 362 g/mol. The summed E-state index contributed by atoms with van der Waals surface area (Å²) in [5.41, 5.74) is 1.08. The Bertz CT molecular complexity index is 974. The molecule has 0 radical (unpaired) electrons. The molecule has 28 heavy (non-hydrogen) atoms. The van der Waals surface area contributed by atoms with Gasteiger partial charge in [-0.2, -0.15) is 5.26 Å². The Hall–Kier alpha value is -3.99. The number of hydroxylamine groups is 2. The number of hydrogen-bond donors (Lipinski definition) is 1. The Morgan fingerprint density at radius 3 is 2.21 bits per heavy atom. The largest absolute Gasteiger partial charge is 0.333 e. The number of anilines is 1. The smallest absolute Gasteiger partial charge is 0.330 e. The minimum Gasteiger partial charge on any atom is -0.330 e. The van der Waals surface area contributed by atoms with Gasteiger partial charge in [0.15, 0.2) is 0 Å². The first-order chi connectivity index (χ1) is 13.5. The van der Waals surface area contributed by atoms with E-state index in [0.717, 1.165) is 0 Å². The lowest BCUT2D eigenvalue weighted by Crippen LogP contribution is -2.32. The van der Waals surface area contributed by atoms with Gasteiger partial charge in [0.2, 0.25) is 5.91 Å². The van der Waals surface area contributed by atoms with E-state index >= 15 is 0 Å². The molecule has 2 aromatic carbocycles. The maximum Gasteiger partial charge on any atom is 0.333 e. The lowest BCUT2D eigenvalue weighted by molar-refractivity contribution is -0.168. The molecular formula is C20H15N3O5. The number of hydrogen-bond acceptors (Lipinski definition) is 6. The van der Waals surface area contributed by atoms with Crippen LogP contribution in [0.5, 0.6) is 0 Å². The van der Waals surface area contributed by atoms with Gasteiger partial charge in [-0.25, -0.2) is 4.79 Å². The molecule has 3 amide bonds. The summed E-state index contributed by atoms with van der Waals surface area (Å²) >= 11 is 0. The quantitative estimate of drug-likeness (QED) is 0.773. The second-order valence-electron chi connectivity index (χ2n) is 5.97. The van der Waals surface area contributed by atoms with Gasteiger partial charge in [0, 0.05) is 12.8 Å². The lowest BCUT2D eigenvalue weighted by Gasteiger charge is -2.12. The van der Waals surface area contributed by atoms with E-state index in [9.17, 15) is 19.2 Å². The monoisotopic (exact) mass is 377 g/mol. The molecule has 2 aromatic rings. The fourth-order valence-corrected chi connectivity index (χ4v) is 2.69. The van der Waals surface area contributed by atoms with E-state index in [1.165, 1.54) is 12.1 Å². The average Bonchev–Trinajstić information content (AvgIpc) is 2.93. The molecule has 1 N–H and O–H groups in total. The van der Waals surface area contributed by atoms with Gasteiger partial charge < -0.3 is 10.2 Å². The molecule has 0 spiro atoms. The van der Waals surface area contributed by atoms with Crippen molar-refractivity contribution in [1.82, 2.24) is 5.06 Å². The van der Waals surface area contributed by atoms with Crippen molar-refractivity contribution in [3.63, 3.8) is 0 Å². The topological polar surface area (TPSA) is 117 Å². The summed E-state index contributed by atoms with van der Waals surface area (Å²) in [6, 6.07) is 14.7. The lowest BCUT2D eigenvalue weighted by atomic mass is 10.1. The van der Waals surface area contributed by atoms with Crippen LogP contribution < -0.4 is 5.32 Å². The van der Waals surface area contributed by atoms with E-state index in [0.29, 0.717) is 16.3 Å². The highest BCUT2D eigenvalue weighted by atomic mass is 16.7. The van der Waals surface area contributed by atoms with Crippen LogP contribution in [0.1, 0.15) is 45.5 Å². The highest BCUT2D eigenvalue weighted by Gasteiger charge is 2.38. The molecule has 140 valence electrons.